The van der Waals surface area contributed by atoms with E-state index in [-0.39, 0.29) is 12.5 Å². The third-order valence-electron chi connectivity index (χ3n) is 4.30. The van der Waals surface area contributed by atoms with Gasteiger partial charge in [-0.3, -0.25) is 4.79 Å². The molecule has 0 bridgehead atoms. The number of nitrogens with zero attached hydrogens (tertiary/aromatic N) is 1. The highest BCUT2D eigenvalue weighted by molar-refractivity contribution is 5.82. The standard InChI is InChI=1S/C17H21N3O3/c18-12-17(6-2-1-3-7-17)20-16(21)11-19-13-4-5-14-15(10-13)23-9-8-22-14/h4-5,10,19H,1-3,6-9,11H2,(H,20,21). The zero-order chi connectivity index (χ0) is 16.1. The van der Waals surface area contributed by atoms with E-state index in [9.17, 15) is 10.1 Å². The van der Waals surface area contributed by atoms with Crippen LogP contribution in [0.3, 0.4) is 0 Å². The van der Waals surface area contributed by atoms with Gasteiger partial charge in [-0.1, -0.05) is 19.3 Å². The summed E-state index contributed by atoms with van der Waals surface area (Å²) in [6.07, 6.45) is 4.58. The first-order chi connectivity index (χ1) is 11.2. The highest BCUT2D eigenvalue weighted by Crippen LogP contribution is 2.32. The summed E-state index contributed by atoms with van der Waals surface area (Å²) in [6.45, 7) is 1.21. The van der Waals surface area contributed by atoms with Crippen molar-refractivity contribution >= 4 is 11.6 Å². The van der Waals surface area contributed by atoms with Gasteiger partial charge in [-0.05, 0) is 25.0 Å². The Bertz CT molecular complexity index is 618. The van der Waals surface area contributed by atoms with Gasteiger partial charge < -0.3 is 20.1 Å². The van der Waals surface area contributed by atoms with Crippen molar-refractivity contribution in [2.24, 2.45) is 0 Å². The number of anilines is 1. The van der Waals surface area contributed by atoms with Crippen LogP contribution in [0.25, 0.3) is 0 Å². The van der Waals surface area contributed by atoms with Crippen molar-refractivity contribution in [3.8, 4) is 17.6 Å². The van der Waals surface area contributed by atoms with E-state index >= 15 is 0 Å². The molecule has 1 aromatic rings. The molecule has 0 radical (unpaired) electrons. The molecule has 1 aromatic carbocycles. The van der Waals surface area contributed by atoms with Crippen LogP contribution in [0.2, 0.25) is 0 Å². The Balaban J connectivity index is 1.55. The van der Waals surface area contributed by atoms with E-state index in [2.05, 4.69) is 16.7 Å². The molecule has 0 saturated heterocycles. The number of fused-ring (bicyclic) bond motifs is 1. The molecule has 1 aliphatic carbocycles. The first-order valence-corrected chi connectivity index (χ1v) is 8.07. The van der Waals surface area contributed by atoms with E-state index < -0.39 is 5.54 Å². The Hall–Kier alpha value is -2.42. The highest BCUT2D eigenvalue weighted by atomic mass is 16.6. The molecule has 6 heteroatoms. The first kappa shape index (κ1) is 15.5. The number of carbonyl (C=O) groups excluding carboxylic acids is 1. The van der Waals surface area contributed by atoms with Gasteiger partial charge in [-0.15, -0.1) is 0 Å². The number of carbonyl (C=O) groups is 1. The van der Waals surface area contributed by atoms with Gasteiger partial charge in [0, 0.05) is 11.8 Å². The Kier molecular flexibility index (Phi) is 4.56. The maximum atomic E-state index is 12.2. The predicted molar refractivity (Wildman–Crippen MR) is 85.5 cm³/mol. The van der Waals surface area contributed by atoms with Crippen LogP contribution < -0.4 is 20.1 Å². The van der Waals surface area contributed by atoms with Crippen molar-refractivity contribution in [3.63, 3.8) is 0 Å². The lowest BCUT2D eigenvalue weighted by Gasteiger charge is -2.31. The lowest BCUT2D eigenvalue weighted by molar-refractivity contribution is -0.121. The third kappa shape index (κ3) is 3.67. The van der Waals surface area contributed by atoms with Gasteiger partial charge in [-0.2, -0.15) is 5.26 Å². The van der Waals surface area contributed by atoms with E-state index in [1.807, 2.05) is 18.2 Å². The first-order valence-electron chi connectivity index (χ1n) is 8.07. The van der Waals surface area contributed by atoms with Crippen molar-refractivity contribution in [1.82, 2.24) is 5.32 Å². The van der Waals surface area contributed by atoms with Crippen molar-refractivity contribution in [1.29, 1.82) is 5.26 Å². The van der Waals surface area contributed by atoms with Crippen molar-refractivity contribution in [2.75, 3.05) is 25.1 Å². The Morgan fingerprint density at radius 2 is 1.91 bits per heavy atom. The number of nitriles is 1. The minimum atomic E-state index is -0.691. The molecule has 23 heavy (non-hydrogen) atoms. The monoisotopic (exact) mass is 315 g/mol. The third-order valence-corrected chi connectivity index (χ3v) is 4.30. The predicted octanol–water partition coefficient (Wildman–Crippen LogP) is 2.21. The molecule has 0 spiro atoms. The van der Waals surface area contributed by atoms with Crippen molar-refractivity contribution in [2.45, 2.75) is 37.6 Å². The second kappa shape index (κ2) is 6.78. The quantitative estimate of drug-likeness (QED) is 0.890. The highest BCUT2D eigenvalue weighted by Gasteiger charge is 2.33. The topological polar surface area (TPSA) is 83.4 Å². The van der Waals surface area contributed by atoms with Crippen LogP contribution in [0.1, 0.15) is 32.1 Å². The summed E-state index contributed by atoms with van der Waals surface area (Å²) in [6, 6.07) is 7.79. The molecule has 1 amide bonds. The molecular formula is C17H21N3O3. The maximum absolute atomic E-state index is 12.2. The van der Waals surface area contributed by atoms with E-state index in [0.29, 0.717) is 19.0 Å². The zero-order valence-corrected chi connectivity index (χ0v) is 13.1. The van der Waals surface area contributed by atoms with Crippen LogP contribution in [-0.4, -0.2) is 31.2 Å². The Labute approximate surface area is 135 Å². The number of benzene rings is 1. The molecule has 6 nitrogen and oxygen atoms in total. The summed E-state index contributed by atoms with van der Waals surface area (Å²) in [4.78, 5) is 12.2. The molecule has 3 rings (SSSR count). The summed E-state index contributed by atoms with van der Waals surface area (Å²) in [7, 11) is 0. The summed E-state index contributed by atoms with van der Waals surface area (Å²) in [5, 5.41) is 15.4. The molecule has 1 saturated carbocycles. The molecule has 0 unspecified atom stereocenters. The number of nitrogens with one attached hydrogen (secondary N) is 2. The molecule has 0 atom stereocenters. The molecule has 1 aliphatic heterocycles. The van der Waals surface area contributed by atoms with Crippen LogP contribution in [0.15, 0.2) is 18.2 Å². The van der Waals surface area contributed by atoms with Crippen LogP contribution >= 0.6 is 0 Å². The van der Waals surface area contributed by atoms with Gasteiger partial charge in [0.05, 0.1) is 12.6 Å². The Morgan fingerprint density at radius 3 is 2.65 bits per heavy atom. The molecule has 122 valence electrons. The van der Waals surface area contributed by atoms with Crippen LogP contribution in [0, 0.1) is 11.3 Å². The summed E-state index contributed by atoms with van der Waals surface area (Å²) in [5.74, 6) is 1.24. The van der Waals surface area contributed by atoms with Gasteiger partial charge in [0.2, 0.25) is 5.91 Å². The second-order valence-corrected chi connectivity index (χ2v) is 6.01. The van der Waals surface area contributed by atoms with E-state index in [4.69, 9.17) is 9.47 Å². The summed E-state index contributed by atoms with van der Waals surface area (Å²) >= 11 is 0. The molecule has 1 fully saturated rings. The summed E-state index contributed by atoms with van der Waals surface area (Å²) < 4.78 is 11.0. The van der Waals surface area contributed by atoms with Crippen molar-refractivity contribution in [3.05, 3.63) is 18.2 Å². The minimum absolute atomic E-state index is 0.128. The van der Waals surface area contributed by atoms with Crippen LogP contribution in [-0.2, 0) is 4.79 Å². The molecule has 2 N–H and O–H groups in total. The van der Waals surface area contributed by atoms with E-state index in [0.717, 1.165) is 43.5 Å². The fourth-order valence-corrected chi connectivity index (χ4v) is 3.07. The van der Waals surface area contributed by atoms with Gasteiger partial charge in [0.25, 0.3) is 0 Å². The lowest BCUT2D eigenvalue weighted by Crippen LogP contribution is -2.50. The summed E-state index contributed by atoms with van der Waals surface area (Å²) in [5.41, 5.74) is 0.100. The van der Waals surface area contributed by atoms with E-state index in [1.165, 1.54) is 0 Å². The van der Waals surface area contributed by atoms with E-state index in [1.54, 1.807) is 0 Å². The van der Waals surface area contributed by atoms with Crippen LogP contribution in [0.4, 0.5) is 5.69 Å². The largest absolute Gasteiger partial charge is 0.486 e. The molecular weight excluding hydrogens is 294 g/mol. The van der Waals surface area contributed by atoms with Crippen molar-refractivity contribution < 1.29 is 14.3 Å². The Morgan fingerprint density at radius 1 is 1.17 bits per heavy atom. The number of ether oxygens (including phenoxy) is 2. The average Bonchev–Trinajstić information content (AvgIpc) is 2.60. The maximum Gasteiger partial charge on any atom is 0.240 e. The van der Waals surface area contributed by atoms with Gasteiger partial charge in [0.15, 0.2) is 11.5 Å². The normalized spacial score (nSPS) is 18.6. The smallest absolute Gasteiger partial charge is 0.240 e. The molecule has 2 aliphatic rings. The molecule has 0 aromatic heterocycles. The number of hydrogen-bond donors (Lipinski definition) is 2. The fourth-order valence-electron chi connectivity index (χ4n) is 3.07. The average molecular weight is 315 g/mol. The zero-order valence-electron chi connectivity index (χ0n) is 13.1. The van der Waals surface area contributed by atoms with Gasteiger partial charge >= 0.3 is 0 Å². The number of hydrogen-bond acceptors (Lipinski definition) is 5. The fraction of sp³-hybridized carbons (Fsp3) is 0.529. The van der Waals surface area contributed by atoms with Gasteiger partial charge in [0.1, 0.15) is 18.8 Å². The SMILES string of the molecule is N#CC1(NC(=O)CNc2ccc3c(c2)OCCO3)CCCCC1. The second-order valence-electron chi connectivity index (χ2n) is 6.01. The minimum Gasteiger partial charge on any atom is -0.486 e. The number of rotatable bonds is 4. The number of amides is 1. The van der Waals surface area contributed by atoms with Crippen LogP contribution in [0.5, 0.6) is 11.5 Å². The van der Waals surface area contributed by atoms with Gasteiger partial charge in [-0.25, -0.2) is 0 Å². The lowest BCUT2D eigenvalue weighted by atomic mass is 9.83. The molecule has 1 heterocycles.